The van der Waals surface area contributed by atoms with E-state index in [1.165, 1.54) is 0 Å². The van der Waals surface area contributed by atoms with Crippen molar-refractivity contribution in [2.75, 3.05) is 0 Å². The molecule has 14 heavy (non-hydrogen) atoms. The van der Waals surface area contributed by atoms with Crippen molar-refractivity contribution >= 4 is 15.9 Å². The van der Waals surface area contributed by atoms with Crippen LogP contribution in [0.3, 0.4) is 0 Å². The second-order valence-corrected chi connectivity index (χ2v) is 3.48. The molecule has 0 spiro atoms. The highest BCUT2D eigenvalue weighted by Gasteiger charge is 2.33. The summed E-state index contributed by atoms with van der Waals surface area (Å²) in [5.74, 6) is -0.751. The van der Waals surface area contributed by atoms with Gasteiger partial charge in [-0.3, -0.25) is 0 Å². The van der Waals surface area contributed by atoms with Gasteiger partial charge in [0.25, 0.3) is 0 Å². The Hall–Kier alpha value is -0.620. The molecule has 1 aromatic rings. The molecule has 78 valence electrons. The summed E-state index contributed by atoms with van der Waals surface area (Å²) >= 11 is 2.69. The number of hydrogen-bond donors (Lipinski definition) is 1. The van der Waals surface area contributed by atoms with Crippen LogP contribution in [0.5, 0.6) is 0 Å². The van der Waals surface area contributed by atoms with E-state index in [1.54, 1.807) is 0 Å². The van der Waals surface area contributed by atoms with Crippen LogP contribution >= 0.6 is 15.9 Å². The third-order valence-corrected chi connectivity index (χ3v) is 2.28. The lowest BCUT2D eigenvalue weighted by Gasteiger charge is -2.12. The maximum absolute atomic E-state index is 12.9. The van der Waals surface area contributed by atoms with Crippen molar-refractivity contribution in [2.45, 2.75) is 12.7 Å². The molecule has 6 heteroatoms. The Morgan fingerprint density at radius 3 is 2.29 bits per heavy atom. The first-order valence-corrected chi connectivity index (χ1v) is 4.40. The van der Waals surface area contributed by atoms with Crippen molar-refractivity contribution in [1.29, 1.82) is 0 Å². The molecule has 0 bridgehead atoms. The van der Waals surface area contributed by atoms with Gasteiger partial charge in [0, 0.05) is 6.54 Å². The van der Waals surface area contributed by atoms with Gasteiger partial charge in [0.1, 0.15) is 5.82 Å². The van der Waals surface area contributed by atoms with Gasteiger partial charge in [0.2, 0.25) is 0 Å². The van der Waals surface area contributed by atoms with Crippen molar-refractivity contribution in [1.82, 2.24) is 0 Å². The van der Waals surface area contributed by atoms with E-state index in [-0.39, 0.29) is 16.6 Å². The van der Waals surface area contributed by atoms with E-state index in [1.807, 2.05) is 0 Å². The lowest BCUT2D eigenvalue weighted by molar-refractivity contribution is -0.138. The summed E-state index contributed by atoms with van der Waals surface area (Å²) in [5.41, 5.74) is 3.92. The smallest absolute Gasteiger partial charge is 0.326 e. The third-order valence-electron chi connectivity index (χ3n) is 1.67. The molecule has 0 aliphatic carbocycles. The van der Waals surface area contributed by atoms with E-state index in [2.05, 4.69) is 15.9 Å². The Kier molecular flexibility index (Phi) is 3.16. The molecule has 0 atom stereocenters. The Bertz CT molecular complexity index is 348. The predicted molar refractivity (Wildman–Crippen MR) is 47.0 cm³/mol. The zero-order chi connectivity index (χ0) is 10.9. The fourth-order valence-corrected chi connectivity index (χ4v) is 1.36. The van der Waals surface area contributed by atoms with E-state index >= 15 is 0 Å². The quantitative estimate of drug-likeness (QED) is 0.781. The molecule has 0 saturated heterocycles. The van der Waals surface area contributed by atoms with Crippen LogP contribution in [0, 0.1) is 5.82 Å². The van der Waals surface area contributed by atoms with Crippen molar-refractivity contribution in [3.05, 3.63) is 33.5 Å². The number of benzene rings is 1. The van der Waals surface area contributed by atoms with Gasteiger partial charge in [-0.05, 0) is 33.6 Å². The van der Waals surface area contributed by atoms with Crippen molar-refractivity contribution in [3.63, 3.8) is 0 Å². The van der Waals surface area contributed by atoms with Gasteiger partial charge < -0.3 is 5.73 Å². The summed E-state index contributed by atoms with van der Waals surface area (Å²) in [6.45, 7) is -0.348. The molecule has 0 aliphatic rings. The average molecular weight is 272 g/mol. The SMILES string of the molecule is NCc1cc(F)c(Br)cc1C(F)(F)F. The molecule has 0 radical (unpaired) electrons. The highest BCUT2D eigenvalue weighted by atomic mass is 79.9. The fraction of sp³-hybridized carbons (Fsp3) is 0.250. The van der Waals surface area contributed by atoms with Gasteiger partial charge in [-0.1, -0.05) is 0 Å². The first-order chi connectivity index (χ1) is 6.36. The molecule has 0 aliphatic heterocycles. The average Bonchev–Trinajstić information content (AvgIpc) is 2.07. The van der Waals surface area contributed by atoms with E-state index in [0.717, 1.165) is 6.07 Å². The van der Waals surface area contributed by atoms with Gasteiger partial charge in [0.15, 0.2) is 0 Å². The van der Waals surface area contributed by atoms with Crippen LogP contribution in [0.25, 0.3) is 0 Å². The van der Waals surface area contributed by atoms with Gasteiger partial charge in [-0.15, -0.1) is 0 Å². The van der Waals surface area contributed by atoms with E-state index in [0.29, 0.717) is 6.07 Å². The van der Waals surface area contributed by atoms with Crippen LogP contribution in [0.4, 0.5) is 17.6 Å². The lowest BCUT2D eigenvalue weighted by atomic mass is 10.1. The molecule has 0 heterocycles. The summed E-state index contributed by atoms with van der Waals surface area (Å²) in [7, 11) is 0. The van der Waals surface area contributed by atoms with E-state index < -0.39 is 17.6 Å². The van der Waals surface area contributed by atoms with Crippen LogP contribution in [-0.2, 0) is 12.7 Å². The summed E-state index contributed by atoms with van der Waals surface area (Å²) in [6, 6.07) is 1.48. The zero-order valence-corrected chi connectivity index (χ0v) is 8.41. The van der Waals surface area contributed by atoms with Crippen LogP contribution < -0.4 is 5.73 Å². The summed E-state index contributed by atoms with van der Waals surface area (Å²) in [5, 5.41) is 0. The Morgan fingerprint density at radius 1 is 1.29 bits per heavy atom. The third kappa shape index (κ3) is 2.24. The highest BCUT2D eigenvalue weighted by molar-refractivity contribution is 9.10. The normalized spacial score (nSPS) is 11.9. The number of rotatable bonds is 1. The van der Waals surface area contributed by atoms with Crippen LogP contribution in [0.1, 0.15) is 11.1 Å². The van der Waals surface area contributed by atoms with Crippen LogP contribution in [0.15, 0.2) is 16.6 Å². The summed E-state index contributed by atoms with van der Waals surface area (Å²) < 4.78 is 49.7. The van der Waals surface area contributed by atoms with Gasteiger partial charge in [-0.2, -0.15) is 13.2 Å². The number of alkyl halides is 3. The molecule has 0 saturated carbocycles. The summed E-state index contributed by atoms with van der Waals surface area (Å²) in [4.78, 5) is 0. The van der Waals surface area contributed by atoms with E-state index in [9.17, 15) is 17.6 Å². The molecule has 1 rings (SSSR count). The van der Waals surface area contributed by atoms with Gasteiger partial charge >= 0.3 is 6.18 Å². The molecule has 0 fully saturated rings. The maximum Gasteiger partial charge on any atom is 0.416 e. The molecule has 0 aromatic heterocycles. The van der Waals surface area contributed by atoms with E-state index in [4.69, 9.17) is 5.73 Å². The zero-order valence-electron chi connectivity index (χ0n) is 6.83. The molecule has 0 unspecified atom stereocenters. The standard InChI is InChI=1S/C8H6BrF4N/c9-6-2-5(8(11,12)13)4(3-14)1-7(6)10/h1-2H,3,14H2. The molecular weight excluding hydrogens is 266 g/mol. The Balaban J connectivity index is 3.35. The second kappa shape index (κ2) is 3.86. The summed E-state index contributed by atoms with van der Waals surface area (Å²) in [6.07, 6.45) is -4.51. The molecule has 2 N–H and O–H groups in total. The van der Waals surface area contributed by atoms with Crippen molar-refractivity contribution < 1.29 is 17.6 Å². The van der Waals surface area contributed by atoms with Crippen molar-refractivity contribution in [2.24, 2.45) is 5.73 Å². The first-order valence-electron chi connectivity index (χ1n) is 3.61. The van der Waals surface area contributed by atoms with Gasteiger partial charge in [0.05, 0.1) is 10.0 Å². The minimum absolute atomic E-state index is 0.220. The van der Waals surface area contributed by atoms with Crippen LogP contribution in [-0.4, -0.2) is 0 Å². The Morgan fingerprint density at radius 2 is 1.86 bits per heavy atom. The lowest BCUT2D eigenvalue weighted by Crippen LogP contribution is -2.12. The molecule has 1 aromatic carbocycles. The molecule has 0 amide bonds. The van der Waals surface area contributed by atoms with Crippen molar-refractivity contribution in [3.8, 4) is 0 Å². The number of halogens is 5. The topological polar surface area (TPSA) is 26.0 Å². The minimum atomic E-state index is -4.51. The highest BCUT2D eigenvalue weighted by Crippen LogP contribution is 2.34. The molecule has 1 nitrogen and oxygen atoms in total. The largest absolute Gasteiger partial charge is 0.416 e. The van der Waals surface area contributed by atoms with Gasteiger partial charge in [-0.25, -0.2) is 4.39 Å². The predicted octanol–water partition coefficient (Wildman–Crippen LogP) is 3.07. The molecular formula is C8H6BrF4N. The maximum atomic E-state index is 12.9. The number of nitrogens with two attached hydrogens (primary N) is 1. The number of hydrogen-bond acceptors (Lipinski definition) is 1. The Labute approximate surface area is 86.0 Å². The fourth-order valence-electron chi connectivity index (χ4n) is 1.02. The first kappa shape index (κ1) is 11.5. The monoisotopic (exact) mass is 271 g/mol. The second-order valence-electron chi connectivity index (χ2n) is 2.63. The van der Waals surface area contributed by atoms with Crippen LogP contribution in [0.2, 0.25) is 0 Å². The minimum Gasteiger partial charge on any atom is -0.326 e.